The lowest BCUT2D eigenvalue weighted by molar-refractivity contribution is -0.137. The molecule has 0 aliphatic heterocycles. The highest BCUT2D eigenvalue weighted by Gasteiger charge is 2.30. The number of benzene rings is 1. The zero-order valence-electron chi connectivity index (χ0n) is 13.0. The molecule has 2 aromatic heterocycles. The van der Waals surface area contributed by atoms with Gasteiger partial charge in [0, 0.05) is 17.0 Å². The molecule has 4 nitrogen and oxygen atoms in total. The van der Waals surface area contributed by atoms with Gasteiger partial charge in [-0.05, 0) is 31.3 Å². The molecule has 0 amide bonds. The van der Waals surface area contributed by atoms with Gasteiger partial charge in [-0.2, -0.15) is 18.2 Å². The van der Waals surface area contributed by atoms with E-state index < -0.39 is 11.7 Å². The maximum absolute atomic E-state index is 12.6. The minimum atomic E-state index is -4.37. The average Bonchev–Trinajstić information content (AvgIpc) is 3.16. The molecule has 3 aromatic rings. The predicted molar refractivity (Wildman–Crippen MR) is 89.2 cm³/mol. The molecule has 0 spiro atoms. The van der Waals surface area contributed by atoms with Crippen molar-refractivity contribution in [3.63, 3.8) is 0 Å². The van der Waals surface area contributed by atoms with Crippen molar-refractivity contribution < 1.29 is 17.7 Å². The van der Waals surface area contributed by atoms with E-state index in [2.05, 4.69) is 10.1 Å². The number of halogens is 4. The molecule has 0 saturated heterocycles. The summed E-state index contributed by atoms with van der Waals surface area (Å²) in [5, 5.41) is 3.83. The zero-order valence-corrected chi connectivity index (χ0v) is 14.6. The normalized spacial score (nSPS) is 12.1. The lowest BCUT2D eigenvalue weighted by Gasteiger charge is -2.12. The van der Waals surface area contributed by atoms with E-state index in [0.29, 0.717) is 24.5 Å². The molecule has 2 heterocycles. The minimum Gasteiger partial charge on any atom is -0.338 e. The molecule has 0 radical (unpaired) electrons. The van der Waals surface area contributed by atoms with E-state index in [4.69, 9.17) is 16.1 Å². The summed E-state index contributed by atoms with van der Waals surface area (Å²) < 4.78 is 43.7. The Kier molecular flexibility index (Phi) is 5.12. The number of hydrogen-bond acceptors (Lipinski definition) is 5. The fourth-order valence-electron chi connectivity index (χ4n) is 2.23. The predicted octanol–water partition coefficient (Wildman–Crippen LogP) is 5.10. The summed E-state index contributed by atoms with van der Waals surface area (Å²) in [4.78, 5) is 7.32. The van der Waals surface area contributed by atoms with Crippen LogP contribution in [-0.2, 0) is 19.3 Å². The first-order valence-electron chi connectivity index (χ1n) is 7.24. The van der Waals surface area contributed by atoms with E-state index in [-0.39, 0.29) is 5.82 Å². The lowest BCUT2D eigenvalue weighted by atomic mass is 10.1. The number of hydrogen-bond donors (Lipinski definition) is 0. The first kappa shape index (κ1) is 17.9. The van der Waals surface area contributed by atoms with Gasteiger partial charge in [0.1, 0.15) is 0 Å². The van der Waals surface area contributed by atoms with Crippen LogP contribution in [0.5, 0.6) is 0 Å². The van der Waals surface area contributed by atoms with Gasteiger partial charge >= 0.3 is 6.18 Å². The summed E-state index contributed by atoms with van der Waals surface area (Å²) in [6.45, 7) is 1.10. The molecule has 132 valence electrons. The van der Waals surface area contributed by atoms with Gasteiger partial charge in [-0.3, -0.25) is 4.90 Å². The molecule has 0 unspecified atom stereocenters. The monoisotopic (exact) mass is 387 g/mol. The first-order valence-corrected chi connectivity index (χ1v) is 8.43. The summed E-state index contributed by atoms with van der Waals surface area (Å²) >= 11 is 7.40. The third kappa shape index (κ3) is 4.59. The zero-order chi connectivity index (χ0) is 18.0. The average molecular weight is 388 g/mol. The molecule has 0 N–H and O–H groups in total. The maximum atomic E-state index is 12.6. The Bertz CT molecular complexity index is 845. The smallest absolute Gasteiger partial charge is 0.338 e. The molecule has 0 aliphatic carbocycles. The summed E-state index contributed by atoms with van der Waals surface area (Å²) in [5.41, 5.74) is -0.245. The van der Waals surface area contributed by atoms with Gasteiger partial charge < -0.3 is 4.52 Å². The van der Waals surface area contributed by atoms with Crippen LogP contribution in [0, 0.1) is 0 Å². The van der Waals surface area contributed by atoms with Crippen molar-refractivity contribution in [2.75, 3.05) is 7.05 Å². The van der Waals surface area contributed by atoms with Gasteiger partial charge in [0.25, 0.3) is 0 Å². The van der Waals surface area contributed by atoms with Crippen molar-refractivity contribution in [2.24, 2.45) is 0 Å². The topological polar surface area (TPSA) is 42.2 Å². The highest BCUT2D eigenvalue weighted by atomic mass is 35.5. The molecule has 0 bridgehead atoms. The highest BCUT2D eigenvalue weighted by molar-refractivity contribution is 7.16. The van der Waals surface area contributed by atoms with E-state index >= 15 is 0 Å². The number of rotatable bonds is 5. The Morgan fingerprint density at radius 1 is 1.12 bits per heavy atom. The second kappa shape index (κ2) is 7.15. The molecule has 9 heteroatoms. The summed E-state index contributed by atoms with van der Waals surface area (Å²) in [6, 6.07) is 8.44. The van der Waals surface area contributed by atoms with Crippen LogP contribution >= 0.6 is 22.9 Å². The molecular formula is C16H13ClF3N3OS. The van der Waals surface area contributed by atoms with E-state index in [1.54, 1.807) is 0 Å². The van der Waals surface area contributed by atoms with Gasteiger partial charge in [0.05, 0.1) is 16.4 Å². The number of aromatic nitrogens is 2. The van der Waals surface area contributed by atoms with Crippen molar-refractivity contribution in [3.8, 4) is 11.4 Å². The van der Waals surface area contributed by atoms with E-state index in [1.165, 1.54) is 23.5 Å². The minimum absolute atomic E-state index is 0.260. The van der Waals surface area contributed by atoms with Gasteiger partial charge in [0.2, 0.25) is 11.7 Å². The molecule has 3 rings (SSSR count). The van der Waals surface area contributed by atoms with Crippen LogP contribution in [-0.4, -0.2) is 22.1 Å². The molecular weight excluding hydrogens is 375 g/mol. The van der Waals surface area contributed by atoms with Gasteiger partial charge in [-0.1, -0.05) is 28.9 Å². The van der Waals surface area contributed by atoms with E-state index in [1.807, 2.05) is 24.1 Å². The Morgan fingerprint density at radius 3 is 2.44 bits per heavy atom. The number of alkyl halides is 3. The van der Waals surface area contributed by atoms with Crippen LogP contribution in [0.4, 0.5) is 13.2 Å². The molecule has 0 fully saturated rings. The van der Waals surface area contributed by atoms with Crippen LogP contribution < -0.4 is 0 Å². The first-order chi connectivity index (χ1) is 11.8. The van der Waals surface area contributed by atoms with Crippen LogP contribution in [0.25, 0.3) is 11.4 Å². The standard InChI is InChI=1S/C16H13ClF3N3OS/c1-23(8-12-6-7-13(17)25-12)9-14-21-15(22-24-14)10-2-4-11(5-3-10)16(18,19)20/h2-7H,8-9H2,1H3. The Morgan fingerprint density at radius 2 is 1.84 bits per heavy atom. The van der Waals surface area contributed by atoms with E-state index in [9.17, 15) is 13.2 Å². The van der Waals surface area contributed by atoms with Crippen molar-refractivity contribution >= 4 is 22.9 Å². The molecule has 0 saturated carbocycles. The highest BCUT2D eigenvalue weighted by Crippen LogP contribution is 2.30. The quantitative estimate of drug-likeness (QED) is 0.610. The summed E-state index contributed by atoms with van der Waals surface area (Å²) in [7, 11) is 1.90. The van der Waals surface area contributed by atoms with Crippen LogP contribution in [0.15, 0.2) is 40.9 Å². The maximum Gasteiger partial charge on any atom is 0.416 e. The fraction of sp³-hybridized carbons (Fsp3) is 0.250. The van der Waals surface area contributed by atoms with Crippen LogP contribution in [0.1, 0.15) is 16.3 Å². The third-order valence-electron chi connectivity index (χ3n) is 3.40. The second-order valence-corrected chi connectivity index (χ2v) is 7.26. The summed E-state index contributed by atoms with van der Waals surface area (Å²) in [6.07, 6.45) is -4.37. The van der Waals surface area contributed by atoms with Gasteiger partial charge in [-0.25, -0.2) is 0 Å². The molecule has 0 atom stereocenters. The Balaban J connectivity index is 1.65. The number of nitrogens with zero attached hydrogens (tertiary/aromatic N) is 3. The van der Waals surface area contributed by atoms with E-state index in [0.717, 1.165) is 21.3 Å². The Labute approximate surface area is 150 Å². The van der Waals surface area contributed by atoms with Crippen LogP contribution in [0.3, 0.4) is 0 Å². The van der Waals surface area contributed by atoms with Crippen LogP contribution in [0.2, 0.25) is 4.34 Å². The van der Waals surface area contributed by atoms with Crippen molar-refractivity contribution in [2.45, 2.75) is 19.3 Å². The van der Waals surface area contributed by atoms with Crippen molar-refractivity contribution in [3.05, 3.63) is 57.1 Å². The second-order valence-electron chi connectivity index (χ2n) is 5.46. The Hall–Kier alpha value is -1.90. The fourth-order valence-corrected chi connectivity index (χ4v) is 3.40. The van der Waals surface area contributed by atoms with Gasteiger partial charge in [0.15, 0.2) is 0 Å². The SMILES string of the molecule is CN(Cc1nc(-c2ccc(C(F)(F)F)cc2)no1)Cc1ccc(Cl)s1. The summed E-state index contributed by atoms with van der Waals surface area (Å²) in [5.74, 6) is 0.649. The molecule has 1 aromatic carbocycles. The number of thiophene rings is 1. The molecule has 0 aliphatic rings. The van der Waals surface area contributed by atoms with Gasteiger partial charge in [-0.15, -0.1) is 11.3 Å². The van der Waals surface area contributed by atoms with Crippen molar-refractivity contribution in [1.29, 1.82) is 0 Å². The largest absolute Gasteiger partial charge is 0.416 e. The lowest BCUT2D eigenvalue weighted by Crippen LogP contribution is -2.16. The van der Waals surface area contributed by atoms with Crippen molar-refractivity contribution in [1.82, 2.24) is 15.0 Å². The third-order valence-corrected chi connectivity index (χ3v) is 4.61. The molecule has 25 heavy (non-hydrogen) atoms.